The highest BCUT2D eigenvalue weighted by molar-refractivity contribution is 7.25. The van der Waals surface area contributed by atoms with E-state index in [9.17, 15) is 10.4 Å². The fourth-order valence-electron chi connectivity index (χ4n) is 3.99. The van der Waals surface area contributed by atoms with Gasteiger partial charge in [0.05, 0.1) is 32.3 Å². The van der Waals surface area contributed by atoms with E-state index < -0.39 is 0 Å². The zero-order valence-electron chi connectivity index (χ0n) is 17.5. The summed E-state index contributed by atoms with van der Waals surface area (Å²) in [6.45, 7) is 5.29. The first-order valence-corrected chi connectivity index (χ1v) is 12.5. The van der Waals surface area contributed by atoms with Crippen molar-refractivity contribution >= 4 is 60.9 Å². The van der Waals surface area contributed by atoms with Crippen LogP contribution in [-0.2, 0) is 5.41 Å². The first-order chi connectivity index (χ1) is 14.9. The van der Waals surface area contributed by atoms with E-state index in [-0.39, 0.29) is 12.0 Å². The molecule has 3 heterocycles. The number of nitriles is 1. The summed E-state index contributed by atoms with van der Waals surface area (Å²) >= 11 is 5.08. The van der Waals surface area contributed by atoms with Crippen LogP contribution in [0.2, 0.25) is 0 Å². The van der Waals surface area contributed by atoms with Crippen LogP contribution in [0.1, 0.15) is 34.9 Å². The molecule has 1 aliphatic rings. The second-order valence-electron chi connectivity index (χ2n) is 8.15. The van der Waals surface area contributed by atoms with Gasteiger partial charge in [-0.25, -0.2) is 4.98 Å². The molecule has 0 unspecified atom stereocenters. The molecule has 31 heavy (non-hydrogen) atoms. The van der Waals surface area contributed by atoms with Gasteiger partial charge in [0.1, 0.15) is 11.1 Å². The third kappa shape index (κ3) is 3.31. The zero-order valence-corrected chi connectivity index (χ0v) is 19.9. The molecule has 3 aromatic heterocycles. The Morgan fingerprint density at radius 2 is 1.90 bits per heavy atom. The summed E-state index contributed by atoms with van der Waals surface area (Å²) in [5.74, 6) is 0. The molecule has 1 aromatic carbocycles. The normalized spacial score (nSPS) is 14.5. The number of aliphatic hydroxyl groups is 1. The SMILES string of the molecule is CN(CCO)c1cc2c(s1)-c1sc(/C=C(\C#N)c3nc4ccccc4s3)cc1C2(C)C. The quantitative estimate of drug-likeness (QED) is 0.357. The van der Waals surface area contributed by atoms with Gasteiger partial charge in [-0.2, -0.15) is 5.26 Å². The molecule has 0 fully saturated rings. The molecule has 0 aliphatic heterocycles. The summed E-state index contributed by atoms with van der Waals surface area (Å²) in [5, 5.41) is 21.0. The Labute approximate surface area is 193 Å². The number of para-hydroxylation sites is 1. The molecule has 0 spiro atoms. The summed E-state index contributed by atoms with van der Waals surface area (Å²) in [7, 11) is 2.02. The van der Waals surface area contributed by atoms with Crippen LogP contribution in [0.4, 0.5) is 5.00 Å². The van der Waals surface area contributed by atoms with Crippen molar-refractivity contribution in [2.75, 3.05) is 25.1 Å². The van der Waals surface area contributed by atoms with Crippen LogP contribution in [0.5, 0.6) is 0 Å². The number of thiophene rings is 2. The molecule has 7 heteroatoms. The molecule has 4 aromatic rings. The molecule has 5 rings (SSSR count). The number of benzene rings is 1. The zero-order chi connectivity index (χ0) is 21.8. The van der Waals surface area contributed by atoms with Crippen molar-refractivity contribution in [2.45, 2.75) is 19.3 Å². The second-order valence-corrected chi connectivity index (χ2v) is 11.3. The van der Waals surface area contributed by atoms with Crippen LogP contribution < -0.4 is 4.90 Å². The van der Waals surface area contributed by atoms with Crippen molar-refractivity contribution in [2.24, 2.45) is 0 Å². The van der Waals surface area contributed by atoms with Gasteiger partial charge < -0.3 is 10.0 Å². The molecule has 0 saturated heterocycles. The number of thiazole rings is 1. The number of fused-ring (bicyclic) bond motifs is 4. The third-order valence-corrected chi connectivity index (χ3v) is 9.33. The molecule has 0 saturated carbocycles. The average molecular weight is 464 g/mol. The Morgan fingerprint density at radius 1 is 1.16 bits per heavy atom. The first-order valence-electron chi connectivity index (χ1n) is 10.0. The molecular weight excluding hydrogens is 442 g/mol. The minimum absolute atomic E-state index is 0.0786. The van der Waals surface area contributed by atoms with Gasteiger partial charge in [0.25, 0.3) is 0 Å². The molecule has 156 valence electrons. The number of hydrogen-bond acceptors (Lipinski definition) is 7. The molecule has 0 bridgehead atoms. The minimum Gasteiger partial charge on any atom is -0.395 e. The largest absolute Gasteiger partial charge is 0.395 e. The molecular formula is C24H21N3OS3. The summed E-state index contributed by atoms with van der Waals surface area (Å²) < 4.78 is 1.09. The number of anilines is 1. The van der Waals surface area contributed by atoms with Crippen LogP contribution in [0, 0.1) is 11.3 Å². The van der Waals surface area contributed by atoms with Crippen molar-refractivity contribution in [1.82, 2.24) is 4.98 Å². The van der Waals surface area contributed by atoms with Crippen LogP contribution in [0.15, 0.2) is 36.4 Å². The average Bonchev–Trinajstić information content (AvgIpc) is 3.49. The van der Waals surface area contributed by atoms with E-state index in [2.05, 4.69) is 41.9 Å². The third-order valence-electron chi connectivity index (χ3n) is 5.77. The number of aromatic nitrogens is 1. The van der Waals surface area contributed by atoms with Gasteiger partial charge in [-0.3, -0.25) is 0 Å². The molecule has 1 N–H and O–H groups in total. The highest BCUT2D eigenvalue weighted by Gasteiger charge is 2.39. The second kappa shape index (κ2) is 7.57. The van der Waals surface area contributed by atoms with E-state index in [1.807, 2.05) is 37.4 Å². The lowest BCUT2D eigenvalue weighted by Gasteiger charge is -2.20. The maximum atomic E-state index is 9.82. The lowest BCUT2D eigenvalue weighted by Crippen LogP contribution is -2.20. The van der Waals surface area contributed by atoms with Crippen molar-refractivity contribution in [3.63, 3.8) is 0 Å². The van der Waals surface area contributed by atoms with Crippen molar-refractivity contribution in [3.05, 3.63) is 57.4 Å². The van der Waals surface area contributed by atoms with Gasteiger partial charge >= 0.3 is 0 Å². The molecule has 0 radical (unpaired) electrons. The number of allylic oxidation sites excluding steroid dienone is 1. The fraction of sp³-hybridized carbons (Fsp3) is 0.250. The predicted octanol–water partition coefficient (Wildman–Crippen LogP) is 6.22. The predicted molar refractivity (Wildman–Crippen MR) is 133 cm³/mol. The van der Waals surface area contributed by atoms with Gasteiger partial charge in [0.2, 0.25) is 0 Å². The highest BCUT2D eigenvalue weighted by Crippen LogP contribution is 2.57. The monoisotopic (exact) mass is 463 g/mol. The van der Waals surface area contributed by atoms with Gasteiger partial charge in [-0.05, 0) is 41.5 Å². The van der Waals surface area contributed by atoms with Crippen molar-refractivity contribution in [1.29, 1.82) is 5.26 Å². The summed E-state index contributed by atoms with van der Waals surface area (Å²) in [5.41, 5.74) is 4.13. The minimum atomic E-state index is -0.0786. The van der Waals surface area contributed by atoms with Crippen LogP contribution in [-0.4, -0.2) is 30.3 Å². The lowest BCUT2D eigenvalue weighted by atomic mass is 9.84. The lowest BCUT2D eigenvalue weighted by molar-refractivity contribution is 0.304. The molecule has 1 aliphatic carbocycles. The first kappa shape index (κ1) is 20.4. The summed E-state index contributed by atoms with van der Waals surface area (Å²) in [6.07, 6.45) is 1.98. The van der Waals surface area contributed by atoms with Crippen LogP contribution in [0.3, 0.4) is 0 Å². The number of hydrogen-bond donors (Lipinski definition) is 1. The maximum Gasteiger partial charge on any atom is 0.135 e. The molecule has 4 nitrogen and oxygen atoms in total. The van der Waals surface area contributed by atoms with Gasteiger partial charge in [0.15, 0.2) is 0 Å². The van der Waals surface area contributed by atoms with Crippen LogP contribution >= 0.6 is 34.0 Å². The standard InChI is InChI=1S/C24H21N3OS3/c1-24(2)16-11-15(10-14(13-25)23-26-18-6-4-5-7-19(18)30-23)29-21(16)22-17(24)12-20(31-22)27(3)8-9-28/h4-7,10-12,28H,8-9H2,1-3H3/b14-10+. The van der Waals surface area contributed by atoms with E-state index in [0.29, 0.717) is 12.1 Å². The topological polar surface area (TPSA) is 60.1 Å². The number of rotatable bonds is 5. The maximum absolute atomic E-state index is 9.82. The smallest absolute Gasteiger partial charge is 0.135 e. The van der Waals surface area contributed by atoms with E-state index in [1.54, 1.807) is 34.0 Å². The Hall–Kier alpha value is -2.50. The van der Waals surface area contributed by atoms with Crippen LogP contribution in [0.25, 0.3) is 31.6 Å². The van der Waals surface area contributed by atoms with E-state index in [1.165, 1.54) is 25.9 Å². The Bertz CT molecular complexity index is 1330. The molecule has 0 amide bonds. The Morgan fingerprint density at radius 3 is 2.65 bits per heavy atom. The van der Waals surface area contributed by atoms with E-state index >= 15 is 0 Å². The Balaban J connectivity index is 1.55. The van der Waals surface area contributed by atoms with Gasteiger partial charge in [-0.1, -0.05) is 26.0 Å². The van der Waals surface area contributed by atoms with Gasteiger partial charge in [0, 0.05) is 28.8 Å². The number of nitrogens with zero attached hydrogens (tertiary/aromatic N) is 3. The number of aliphatic hydroxyl groups excluding tert-OH is 1. The Kier molecular flexibility index (Phi) is 4.98. The van der Waals surface area contributed by atoms with Crippen molar-refractivity contribution < 1.29 is 5.11 Å². The van der Waals surface area contributed by atoms with Crippen molar-refractivity contribution in [3.8, 4) is 15.8 Å². The fourth-order valence-corrected chi connectivity index (χ4v) is 7.65. The van der Waals surface area contributed by atoms with Gasteiger partial charge in [-0.15, -0.1) is 34.0 Å². The van der Waals surface area contributed by atoms with E-state index in [0.717, 1.165) is 20.1 Å². The molecule has 0 atom stereocenters. The summed E-state index contributed by atoms with van der Waals surface area (Å²) in [4.78, 5) is 10.4. The van der Waals surface area contributed by atoms with E-state index in [4.69, 9.17) is 0 Å². The highest BCUT2D eigenvalue weighted by atomic mass is 32.1. The summed E-state index contributed by atoms with van der Waals surface area (Å²) in [6, 6.07) is 14.8. The number of likely N-dealkylation sites (N-methyl/N-ethyl adjacent to an activating group) is 1.